The summed E-state index contributed by atoms with van der Waals surface area (Å²) in [4.78, 5) is 10.4. The van der Waals surface area contributed by atoms with Crippen LogP contribution in [0.5, 0.6) is 0 Å². The Hall–Kier alpha value is -0.570. The molecule has 0 aromatic carbocycles. The van der Waals surface area contributed by atoms with Crippen LogP contribution < -0.4 is 0 Å². The van der Waals surface area contributed by atoms with Crippen LogP contribution in [0.25, 0.3) is 0 Å². The van der Waals surface area contributed by atoms with Gasteiger partial charge in [0.25, 0.3) is 0 Å². The Kier molecular flexibility index (Phi) is 2.88. The van der Waals surface area contributed by atoms with E-state index in [-0.39, 0.29) is 18.4 Å². The van der Waals surface area contributed by atoms with Crippen LogP contribution in [-0.4, -0.2) is 23.8 Å². The fourth-order valence-electron chi connectivity index (χ4n) is 1.48. The molecular formula is C8H14O3. The highest BCUT2D eigenvalue weighted by molar-refractivity contribution is 5.67. The van der Waals surface area contributed by atoms with Gasteiger partial charge in [0.2, 0.25) is 0 Å². The monoisotopic (exact) mass is 158 g/mol. The zero-order chi connectivity index (χ0) is 8.27. The first-order valence-electron chi connectivity index (χ1n) is 4.03. The van der Waals surface area contributed by atoms with Crippen LogP contribution in [0, 0.1) is 5.92 Å². The summed E-state index contributed by atoms with van der Waals surface area (Å²) in [6.07, 6.45) is 2.37. The first-order chi connectivity index (χ1) is 5.20. The molecule has 0 saturated carbocycles. The molecule has 11 heavy (non-hydrogen) atoms. The molecule has 1 aliphatic heterocycles. The third kappa shape index (κ3) is 2.50. The standard InChI is InChI=1S/C8H14O3/c1-6-7(5-8(9)10)3-2-4-11-6/h6-7H,2-5H2,1H3,(H,9,10). The Labute approximate surface area is 66.4 Å². The first kappa shape index (κ1) is 8.53. The first-order valence-corrected chi connectivity index (χ1v) is 4.03. The summed E-state index contributed by atoms with van der Waals surface area (Å²) in [5.74, 6) is -0.492. The van der Waals surface area contributed by atoms with Crippen LogP contribution in [0.4, 0.5) is 0 Å². The predicted molar refractivity (Wildman–Crippen MR) is 40.4 cm³/mol. The fraction of sp³-hybridized carbons (Fsp3) is 0.875. The van der Waals surface area contributed by atoms with Gasteiger partial charge >= 0.3 is 5.97 Å². The molecular weight excluding hydrogens is 144 g/mol. The smallest absolute Gasteiger partial charge is 0.303 e. The van der Waals surface area contributed by atoms with Crippen LogP contribution in [-0.2, 0) is 9.53 Å². The maximum Gasteiger partial charge on any atom is 0.303 e. The second-order valence-corrected chi connectivity index (χ2v) is 3.08. The van der Waals surface area contributed by atoms with Crippen molar-refractivity contribution in [3.63, 3.8) is 0 Å². The molecule has 0 bridgehead atoms. The van der Waals surface area contributed by atoms with Gasteiger partial charge in [-0.3, -0.25) is 4.79 Å². The quantitative estimate of drug-likeness (QED) is 0.658. The lowest BCUT2D eigenvalue weighted by atomic mass is 9.92. The van der Waals surface area contributed by atoms with E-state index in [0.717, 1.165) is 19.4 Å². The van der Waals surface area contributed by atoms with E-state index in [1.807, 2.05) is 6.92 Å². The highest BCUT2D eigenvalue weighted by atomic mass is 16.5. The molecule has 1 fully saturated rings. The van der Waals surface area contributed by atoms with Crippen LogP contribution in [0.15, 0.2) is 0 Å². The van der Waals surface area contributed by atoms with Crippen molar-refractivity contribution in [2.24, 2.45) is 5.92 Å². The molecule has 3 heteroatoms. The van der Waals surface area contributed by atoms with Crippen molar-refractivity contribution in [1.82, 2.24) is 0 Å². The van der Waals surface area contributed by atoms with E-state index in [4.69, 9.17) is 9.84 Å². The van der Waals surface area contributed by atoms with Crippen LogP contribution >= 0.6 is 0 Å². The van der Waals surface area contributed by atoms with Gasteiger partial charge in [-0.2, -0.15) is 0 Å². The highest BCUT2D eigenvalue weighted by Crippen LogP contribution is 2.23. The van der Waals surface area contributed by atoms with Crippen LogP contribution in [0.2, 0.25) is 0 Å². The number of carbonyl (C=O) groups is 1. The molecule has 1 aliphatic rings. The van der Waals surface area contributed by atoms with Crippen molar-refractivity contribution in [2.75, 3.05) is 6.61 Å². The van der Waals surface area contributed by atoms with E-state index in [1.54, 1.807) is 0 Å². The largest absolute Gasteiger partial charge is 0.481 e. The minimum atomic E-state index is -0.715. The number of carboxylic acid groups (broad SMARTS) is 1. The molecule has 2 atom stereocenters. The van der Waals surface area contributed by atoms with Crippen molar-refractivity contribution in [3.8, 4) is 0 Å². The van der Waals surface area contributed by atoms with E-state index in [2.05, 4.69) is 0 Å². The van der Waals surface area contributed by atoms with Gasteiger partial charge in [0.15, 0.2) is 0 Å². The Morgan fingerprint density at radius 2 is 2.45 bits per heavy atom. The van der Waals surface area contributed by atoms with Gasteiger partial charge in [-0.05, 0) is 25.7 Å². The molecule has 64 valence electrons. The summed E-state index contributed by atoms with van der Waals surface area (Å²) >= 11 is 0. The van der Waals surface area contributed by atoms with Crippen molar-refractivity contribution < 1.29 is 14.6 Å². The number of ether oxygens (including phenoxy) is 1. The van der Waals surface area contributed by atoms with Crippen molar-refractivity contribution in [3.05, 3.63) is 0 Å². The van der Waals surface area contributed by atoms with Gasteiger partial charge in [-0.1, -0.05) is 0 Å². The minimum absolute atomic E-state index is 0.125. The van der Waals surface area contributed by atoms with Gasteiger partial charge < -0.3 is 9.84 Å². The Morgan fingerprint density at radius 1 is 1.73 bits per heavy atom. The van der Waals surface area contributed by atoms with Gasteiger partial charge in [-0.15, -0.1) is 0 Å². The van der Waals surface area contributed by atoms with E-state index >= 15 is 0 Å². The van der Waals surface area contributed by atoms with Gasteiger partial charge in [-0.25, -0.2) is 0 Å². The summed E-state index contributed by atoms with van der Waals surface area (Å²) in [5.41, 5.74) is 0. The van der Waals surface area contributed by atoms with Gasteiger partial charge in [0.1, 0.15) is 0 Å². The molecule has 1 N–H and O–H groups in total. The molecule has 2 unspecified atom stereocenters. The zero-order valence-corrected chi connectivity index (χ0v) is 6.75. The Morgan fingerprint density at radius 3 is 3.00 bits per heavy atom. The average molecular weight is 158 g/mol. The third-order valence-electron chi connectivity index (χ3n) is 2.20. The maximum atomic E-state index is 10.4. The van der Waals surface area contributed by atoms with Crippen LogP contribution in [0.3, 0.4) is 0 Å². The lowest BCUT2D eigenvalue weighted by Crippen LogP contribution is -2.28. The number of carboxylic acids is 1. The maximum absolute atomic E-state index is 10.4. The normalized spacial score (nSPS) is 31.7. The lowest BCUT2D eigenvalue weighted by molar-refractivity contribution is -0.140. The average Bonchev–Trinajstić information content (AvgIpc) is 1.93. The van der Waals surface area contributed by atoms with Gasteiger partial charge in [0, 0.05) is 6.61 Å². The van der Waals surface area contributed by atoms with E-state index in [0.29, 0.717) is 0 Å². The molecule has 0 aromatic heterocycles. The molecule has 3 nitrogen and oxygen atoms in total. The molecule has 0 aromatic rings. The number of hydrogen-bond donors (Lipinski definition) is 1. The van der Waals surface area contributed by atoms with E-state index in [1.165, 1.54) is 0 Å². The molecule has 1 rings (SSSR count). The van der Waals surface area contributed by atoms with E-state index < -0.39 is 5.97 Å². The molecule has 0 amide bonds. The summed E-state index contributed by atoms with van der Waals surface area (Å²) in [5, 5.41) is 8.53. The molecule has 1 heterocycles. The molecule has 0 aliphatic carbocycles. The minimum Gasteiger partial charge on any atom is -0.481 e. The highest BCUT2D eigenvalue weighted by Gasteiger charge is 2.23. The molecule has 0 radical (unpaired) electrons. The number of hydrogen-bond acceptors (Lipinski definition) is 2. The zero-order valence-electron chi connectivity index (χ0n) is 6.75. The lowest BCUT2D eigenvalue weighted by Gasteiger charge is -2.27. The SMILES string of the molecule is CC1OCCCC1CC(=O)O. The number of aliphatic carboxylic acids is 1. The molecule has 0 spiro atoms. The summed E-state index contributed by atoms with van der Waals surface area (Å²) in [6.45, 7) is 2.74. The van der Waals surface area contributed by atoms with Crippen molar-refractivity contribution in [2.45, 2.75) is 32.3 Å². The molecule has 1 saturated heterocycles. The third-order valence-corrected chi connectivity index (χ3v) is 2.20. The van der Waals surface area contributed by atoms with Crippen LogP contribution in [0.1, 0.15) is 26.2 Å². The van der Waals surface area contributed by atoms with E-state index in [9.17, 15) is 4.79 Å². The summed E-state index contributed by atoms with van der Waals surface area (Å²) in [7, 11) is 0. The summed E-state index contributed by atoms with van der Waals surface area (Å²) in [6, 6.07) is 0. The van der Waals surface area contributed by atoms with Gasteiger partial charge in [0.05, 0.1) is 12.5 Å². The van der Waals surface area contributed by atoms with Crippen molar-refractivity contribution in [1.29, 1.82) is 0 Å². The Balaban J connectivity index is 2.35. The number of rotatable bonds is 2. The Bertz CT molecular complexity index is 144. The second kappa shape index (κ2) is 3.72. The predicted octanol–water partition coefficient (Wildman–Crippen LogP) is 1.28. The topological polar surface area (TPSA) is 46.5 Å². The fourth-order valence-corrected chi connectivity index (χ4v) is 1.48. The summed E-state index contributed by atoms with van der Waals surface area (Å²) < 4.78 is 5.33. The van der Waals surface area contributed by atoms with Crippen molar-refractivity contribution >= 4 is 5.97 Å². The second-order valence-electron chi connectivity index (χ2n) is 3.08.